The molecule has 0 saturated carbocycles. The molecule has 8 heteroatoms. The van der Waals surface area contributed by atoms with Crippen LogP contribution >= 0.6 is 0 Å². The van der Waals surface area contributed by atoms with E-state index in [1.54, 1.807) is 42.5 Å². The van der Waals surface area contributed by atoms with Crippen molar-refractivity contribution in [2.45, 2.75) is 17.6 Å². The number of hydrogen-bond acceptors (Lipinski definition) is 5. The van der Waals surface area contributed by atoms with Crippen LogP contribution in [0.4, 0.5) is 5.69 Å². The fraction of sp³-hybridized carbons (Fsp3) is 0.143. The molecule has 1 heterocycles. The van der Waals surface area contributed by atoms with Crippen molar-refractivity contribution in [2.24, 2.45) is 0 Å². The molecule has 0 radical (unpaired) electrons. The van der Waals surface area contributed by atoms with Gasteiger partial charge in [0, 0.05) is 23.4 Å². The van der Waals surface area contributed by atoms with E-state index in [1.165, 1.54) is 24.5 Å². The number of carbonyl (C=O) groups excluding carboxylic acids is 2. The summed E-state index contributed by atoms with van der Waals surface area (Å²) < 4.78 is 30.4. The van der Waals surface area contributed by atoms with Gasteiger partial charge in [-0.1, -0.05) is 18.2 Å². The van der Waals surface area contributed by atoms with Gasteiger partial charge in [0.15, 0.2) is 15.6 Å². The molecular weight excluding hydrogens is 392 g/mol. The van der Waals surface area contributed by atoms with Gasteiger partial charge in [0.2, 0.25) is 0 Å². The number of nitrogens with one attached hydrogen (secondary N) is 2. The van der Waals surface area contributed by atoms with E-state index in [0.717, 1.165) is 0 Å². The van der Waals surface area contributed by atoms with Crippen LogP contribution in [0.15, 0.2) is 76.2 Å². The minimum absolute atomic E-state index is 0.0719. The van der Waals surface area contributed by atoms with Crippen molar-refractivity contribution in [1.29, 1.82) is 0 Å². The number of sulfone groups is 1. The minimum atomic E-state index is -3.62. The molecule has 0 fully saturated rings. The van der Waals surface area contributed by atoms with Crippen LogP contribution < -0.4 is 10.6 Å². The number of rotatable bonds is 7. The molecule has 0 aliphatic rings. The van der Waals surface area contributed by atoms with Gasteiger partial charge < -0.3 is 15.1 Å². The van der Waals surface area contributed by atoms with Gasteiger partial charge in [-0.2, -0.15) is 0 Å². The maximum absolute atomic E-state index is 12.6. The summed E-state index contributed by atoms with van der Waals surface area (Å²) in [5.74, 6) is -1.20. The third-order valence-electron chi connectivity index (χ3n) is 4.14. The van der Waals surface area contributed by atoms with Gasteiger partial charge in [0.05, 0.1) is 16.9 Å². The normalized spacial score (nSPS) is 11.1. The molecule has 0 unspecified atom stereocenters. The first kappa shape index (κ1) is 20.3. The van der Waals surface area contributed by atoms with Crippen molar-refractivity contribution in [2.75, 3.05) is 11.9 Å². The largest absolute Gasteiger partial charge is 0.459 e. The van der Waals surface area contributed by atoms with Gasteiger partial charge >= 0.3 is 0 Å². The number of hydrogen-bond donors (Lipinski definition) is 2. The lowest BCUT2D eigenvalue weighted by molar-refractivity contribution is 0.0954. The lowest BCUT2D eigenvalue weighted by atomic mass is 10.2. The van der Waals surface area contributed by atoms with Gasteiger partial charge in [-0.05, 0) is 49.4 Å². The van der Waals surface area contributed by atoms with E-state index in [2.05, 4.69) is 10.6 Å². The first-order chi connectivity index (χ1) is 13.9. The van der Waals surface area contributed by atoms with Crippen molar-refractivity contribution in [1.82, 2.24) is 5.32 Å². The minimum Gasteiger partial charge on any atom is -0.459 e. The topological polar surface area (TPSA) is 105 Å². The van der Waals surface area contributed by atoms with Gasteiger partial charge in [-0.15, -0.1) is 0 Å². The molecule has 1 aromatic heterocycles. The Kier molecular flexibility index (Phi) is 6.13. The molecule has 3 rings (SSSR count). The van der Waals surface area contributed by atoms with Crippen LogP contribution in [0.2, 0.25) is 0 Å². The molecule has 2 aromatic carbocycles. The second-order valence-electron chi connectivity index (χ2n) is 6.24. The van der Waals surface area contributed by atoms with Crippen molar-refractivity contribution < 1.29 is 22.4 Å². The molecule has 0 spiro atoms. The Morgan fingerprint density at radius 3 is 2.28 bits per heavy atom. The summed E-state index contributed by atoms with van der Waals surface area (Å²) in [5.41, 5.74) is 1.19. The number of furan rings is 1. The quantitative estimate of drug-likeness (QED) is 0.620. The van der Waals surface area contributed by atoms with Crippen LogP contribution in [-0.2, 0) is 15.6 Å². The molecule has 0 aliphatic carbocycles. The summed E-state index contributed by atoms with van der Waals surface area (Å²) >= 11 is 0. The third-order valence-corrected chi connectivity index (χ3v) is 5.82. The summed E-state index contributed by atoms with van der Waals surface area (Å²) in [7, 11) is -3.62. The van der Waals surface area contributed by atoms with E-state index < -0.39 is 15.7 Å². The lowest BCUT2D eigenvalue weighted by Gasteiger charge is -2.07. The Hall–Kier alpha value is -3.39. The summed E-state index contributed by atoms with van der Waals surface area (Å²) in [6, 6.07) is 15.8. The van der Waals surface area contributed by atoms with E-state index in [9.17, 15) is 18.0 Å². The van der Waals surface area contributed by atoms with Crippen LogP contribution in [0.3, 0.4) is 0 Å². The van der Waals surface area contributed by atoms with Crippen LogP contribution in [0.5, 0.6) is 0 Å². The number of carbonyl (C=O) groups is 2. The predicted molar refractivity (Wildman–Crippen MR) is 108 cm³/mol. The number of benzene rings is 2. The van der Waals surface area contributed by atoms with Crippen molar-refractivity contribution in [3.05, 3.63) is 83.8 Å². The van der Waals surface area contributed by atoms with Crippen LogP contribution in [0.25, 0.3) is 0 Å². The standard InChI is InChI=1S/C21H20N2O5S/c1-2-22-20(24)15-8-10-17(11-9-15)23-21(25)19-16(12-13-28-19)14-29(26,27)18-6-4-3-5-7-18/h3-13H,2,14H2,1H3,(H,22,24)(H,23,25). The summed E-state index contributed by atoms with van der Waals surface area (Å²) in [5, 5.41) is 5.34. The van der Waals surface area contributed by atoms with Gasteiger partial charge in [-0.3, -0.25) is 9.59 Å². The molecule has 2 N–H and O–H groups in total. The van der Waals surface area contributed by atoms with Crippen molar-refractivity contribution >= 4 is 27.3 Å². The van der Waals surface area contributed by atoms with E-state index in [-0.39, 0.29) is 27.9 Å². The highest BCUT2D eigenvalue weighted by atomic mass is 32.2. The van der Waals surface area contributed by atoms with E-state index in [1.807, 2.05) is 6.92 Å². The average molecular weight is 412 g/mol. The molecule has 3 aromatic rings. The molecule has 0 atom stereocenters. The van der Waals surface area contributed by atoms with Crippen LogP contribution in [-0.4, -0.2) is 26.8 Å². The fourth-order valence-electron chi connectivity index (χ4n) is 2.72. The first-order valence-electron chi connectivity index (χ1n) is 8.94. The summed E-state index contributed by atoms with van der Waals surface area (Å²) in [4.78, 5) is 24.5. The van der Waals surface area contributed by atoms with Crippen LogP contribution in [0.1, 0.15) is 33.4 Å². The molecule has 0 aliphatic heterocycles. The Balaban J connectivity index is 1.73. The zero-order valence-corrected chi connectivity index (χ0v) is 16.5. The molecular formula is C21H20N2O5S. The second kappa shape index (κ2) is 8.74. The second-order valence-corrected chi connectivity index (χ2v) is 8.23. The Morgan fingerprint density at radius 2 is 1.62 bits per heavy atom. The predicted octanol–water partition coefficient (Wildman–Crippen LogP) is 3.26. The van der Waals surface area contributed by atoms with E-state index in [4.69, 9.17) is 4.42 Å². The third kappa shape index (κ3) is 4.91. The molecule has 0 bridgehead atoms. The number of amides is 2. The monoisotopic (exact) mass is 412 g/mol. The molecule has 29 heavy (non-hydrogen) atoms. The highest BCUT2D eigenvalue weighted by Crippen LogP contribution is 2.21. The van der Waals surface area contributed by atoms with Crippen molar-refractivity contribution in [3.8, 4) is 0 Å². The number of anilines is 1. The summed E-state index contributed by atoms with van der Waals surface area (Å²) in [6.07, 6.45) is 1.28. The van der Waals surface area contributed by atoms with Gasteiger partial charge in [0.25, 0.3) is 11.8 Å². The molecule has 7 nitrogen and oxygen atoms in total. The first-order valence-corrected chi connectivity index (χ1v) is 10.6. The average Bonchev–Trinajstić information content (AvgIpc) is 3.17. The molecule has 2 amide bonds. The Morgan fingerprint density at radius 1 is 0.931 bits per heavy atom. The zero-order valence-electron chi connectivity index (χ0n) is 15.7. The maximum Gasteiger partial charge on any atom is 0.291 e. The summed E-state index contributed by atoms with van der Waals surface area (Å²) in [6.45, 7) is 2.34. The highest BCUT2D eigenvalue weighted by molar-refractivity contribution is 7.90. The van der Waals surface area contributed by atoms with E-state index >= 15 is 0 Å². The Bertz CT molecular complexity index is 1100. The smallest absolute Gasteiger partial charge is 0.291 e. The Labute approximate surface area is 168 Å². The van der Waals surface area contributed by atoms with Gasteiger partial charge in [0.1, 0.15) is 0 Å². The van der Waals surface area contributed by atoms with Crippen LogP contribution in [0, 0.1) is 0 Å². The molecule has 150 valence electrons. The fourth-order valence-corrected chi connectivity index (χ4v) is 4.10. The maximum atomic E-state index is 12.6. The highest BCUT2D eigenvalue weighted by Gasteiger charge is 2.22. The molecule has 0 saturated heterocycles. The SMILES string of the molecule is CCNC(=O)c1ccc(NC(=O)c2occc2CS(=O)(=O)c2ccccc2)cc1. The van der Waals surface area contributed by atoms with Gasteiger partial charge in [-0.25, -0.2) is 8.42 Å². The van der Waals surface area contributed by atoms with Crippen molar-refractivity contribution in [3.63, 3.8) is 0 Å². The van der Waals surface area contributed by atoms with E-state index in [0.29, 0.717) is 17.8 Å². The lowest BCUT2D eigenvalue weighted by Crippen LogP contribution is -2.22. The zero-order chi connectivity index (χ0) is 20.9.